The van der Waals surface area contributed by atoms with Crippen molar-refractivity contribution in [2.24, 2.45) is 0 Å². The van der Waals surface area contributed by atoms with Gasteiger partial charge in [0.2, 0.25) is 0 Å². The summed E-state index contributed by atoms with van der Waals surface area (Å²) in [5.74, 6) is 2.48. The number of nitrogen functional groups attached to an aromatic ring is 1. The van der Waals surface area contributed by atoms with Gasteiger partial charge in [-0.3, -0.25) is 0 Å². The van der Waals surface area contributed by atoms with Crippen LogP contribution in [0, 0.1) is 6.92 Å². The highest BCUT2D eigenvalue weighted by atomic mass is 32.2. The predicted molar refractivity (Wildman–Crippen MR) is 65.1 cm³/mol. The number of rotatable bonds is 1. The van der Waals surface area contributed by atoms with Crippen LogP contribution in [0.1, 0.15) is 5.56 Å². The van der Waals surface area contributed by atoms with Gasteiger partial charge in [-0.2, -0.15) is 11.8 Å². The molecule has 14 heavy (non-hydrogen) atoms. The molecular weight excluding hydrogens is 192 g/mol. The van der Waals surface area contributed by atoms with Crippen molar-refractivity contribution >= 4 is 23.1 Å². The maximum Gasteiger partial charge on any atom is 0.0370 e. The maximum absolute atomic E-state index is 5.80. The summed E-state index contributed by atoms with van der Waals surface area (Å²) in [6.45, 7) is 4.39. The molecule has 1 saturated heterocycles. The van der Waals surface area contributed by atoms with Gasteiger partial charge in [0.15, 0.2) is 0 Å². The first kappa shape index (κ1) is 9.71. The first-order valence-electron chi connectivity index (χ1n) is 4.96. The normalized spacial score (nSPS) is 17.1. The van der Waals surface area contributed by atoms with Crippen LogP contribution in [0.3, 0.4) is 0 Å². The van der Waals surface area contributed by atoms with Crippen LogP contribution in [0.4, 0.5) is 11.4 Å². The topological polar surface area (TPSA) is 29.3 Å². The third-order valence-electron chi connectivity index (χ3n) is 2.63. The number of anilines is 2. The van der Waals surface area contributed by atoms with E-state index < -0.39 is 0 Å². The molecule has 1 heterocycles. The first-order valence-corrected chi connectivity index (χ1v) is 6.11. The average molecular weight is 208 g/mol. The van der Waals surface area contributed by atoms with Crippen LogP contribution in [0.5, 0.6) is 0 Å². The lowest BCUT2D eigenvalue weighted by atomic mass is 10.1. The Kier molecular flexibility index (Phi) is 2.87. The Bertz CT molecular complexity index is 319. The van der Waals surface area contributed by atoms with Crippen LogP contribution in [0.2, 0.25) is 0 Å². The number of aryl methyl sites for hydroxylation is 1. The second-order valence-corrected chi connectivity index (χ2v) is 4.87. The Labute approximate surface area is 89.5 Å². The van der Waals surface area contributed by atoms with E-state index in [1.54, 1.807) is 0 Å². The third kappa shape index (κ3) is 1.98. The van der Waals surface area contributed by atoms with Crippen molar-refractivity contribution in [1.82, 2.24) is 0 Å². The lowest BCUT2D eigenvalue weighted by Crippen LogP contribution is -2.32. The number of thioether (sulfide) groups is 1. The van der Waals surface area contributed by atoms with E-state index in [4.69, 9.17) is 5.73 Å². The van der Waals surface area contributed by atoms with Gasteiger partial charge in [0.05, 0.1) is 0 Å². The van der Waals surface area contributed by atoms with Gasteiger partial charge in [0, 0.05) is 36.0 Å². The fourth-order valence-electron chi connectivity index (χ4n) is 1.68. The predicted octanol–water partition coefficient (Wildman–Crippen LogP) is 2.13. The summed E-state index contributed by atoms with van der Waals surface area (Å²) in [7, 11) is 0. The number of nitrogens with zero attached hydrogens (tertiary/aromatic N) is 1. The molecule has 0 amide bonds. The molecule has 0 bridgehead atoms. The Hall–Kier alpha value is -0.830. The summed E-state index contributed by atoms with van der Waals surface area (Å²) in [5.41, 5.74) is 9.18. The van der Waals surface area contributed by atoms with Crippen LogP contribution < -0.4 is 10.6 Å². The molecule has 1 aromatic rings. The lowest BCUT2D eigenvalue weighted by Gasteiger charge is -2.28. The number of hydrogen-bond acceptors (Lipinski definition) is 3. The van der Waals surface area contributed by atoms with Crippen molar-refractivity contribution in [3.8, 4) is 0 Å². The van der Waals surface area contributed by atoms with Gasteiger partial charge in [-0.15, -0.1) is 0 Å². The standard InChI is InChI=1S/C11H16N2S/c1-9-8-10(2-3-11(9)12)13-4-6-14-7-5-13/h2-3,8H,4-7,12H2,1H3. The highest BCUT2D eigenvalue weighted by Gasteiger charge is 2.11. The average Bonchev–Trinajstić information content (AvgIpc) is 2.23. The van der Waals surface area contributed by atoms with Crippen molar-refractivity contribution in [1.29, 1.82) is 0 Å². The zero-order valence-corrected chi connectivity index (χ0v) is 9.31. The molecule has 0 aromatic heterocycles. The van der Waals surface area contributed by atoms with Crippen LogP contribution in [0.25, 0.3) is 0 Å². The van der Waals surface area contributed by atoms with Crippen LogP contribution >= 0.6 is 11.8 Å². The van der Waals surface area contributed by atoms with Crippen LogP contribution in [0.15, 0.2) is 18.2 Å². The molecule has 0 radical (unpaired) electrons. The minimum absolute atomic E-state index is 0.889. The minimum atomic E-state index is 0.889. The molecule has 0 unspecified atom stereocenters. The summed E-state index contributed by atoms with van der Waals surface area (Å²) in [4.78, 5) is 2.43. The van der Waals surface area contributed by atoms with Gasteiger partial charge < -0.3 is 10.6 Å². The number of benzene rings is 1. The van der Waals surface area contributed by atoms with E-state index in [0.29, 0.717) is 0 Å². The molecule has 1 fully saturated rings. The van der Waals surface area contributed by atoms with E-state index >= 15 is 0 Å². The molecule has 0 spiro atoms. The van der Waals surface area contributed by atoms with Gasteiger partial charge >= 0.3 is 0 Å². The summed E-state index contributed by atoms with van der Waals surface area (Å²) in [6, 6.07) is 6.32. The molecule has 2 nitrogen and oxygen atoms in total. The lowest BCUT2D eigenvalue weighted by molar-refractivity contribution is 0.858. The molecule has 0 saturated carbocycles. The van der Waals surface area contributed by atoms with Gasteiger partial charge in [0.25, 0.3) is 0 Å². The van der Waals surface area contributed by atoms with Gasteiger partial charge in [-0.05, 0) is 30.7 Å². The SMILES string of the molecule is Cc1cc(N2CCSCC2)ccc1N. The Morgan fingerprint density at radius 3 is 2.64 bits per heavy atom. The second-order valence-electron chi connectivity index (χ2n) is 3.64. The van der Waals surface area contributed by atoms with Crippen LogP contribution in [-0.2, 0) is 0 Å². The molecule has 2 N–H and O–H groups in total. The molecular formula is C11H16N2S. The molecule has 1 aliphatic heterocycles. The van der Waals surface area contributed by atoms with Gasteiger partial charge in [-0.1, -0.05) is 0 Å². The summed E-state index contributed by atoms with van der Waals surface area (Å²) >= 11 is 2.03. The zero-order chi connectivity index (χ0) is 9.97. The second kappa shape index (κ2) is 4.13. The van der Waals surface area contributed by atoms with Crippen molar-refractivity contribution < 1.29 is 0 Å². The van der Waals surface area contributed by atoms with Crippen LogP contribution in [-0.4, -0.2) is 24.6 Å². The number of hydrogen-bond donors (Lipinski definition) is 1. The van der Waals surface area contributed by atoms with Crippen molar-refractivity contribution in [3.05, 3.63) is 23.8 Å². The highest BCUT2D eigenvalue weighted by molar-refractivity contribution is 7.99. The van der Waals surface area contributed by atoms with Crippen molar-refractivity contribution in [3.63, 3.8) is 0 Å². The van der Waals surface area contributed by atoms with E-state index in [-0.39, 0.29) is 0 Å². The minimum Gasteiger partial charge on any atom is -0.399 e. The van der Waals surface area contributed by atoms with Gasteiger partial charge in [-0.25, -0.2) is 0 Å². The van der Waals surface area contributed by atoms with E-state index in [9.17, 15) is 0 Å². The summed E-state index contributed by atoms with van der Waals surface area (Å²) < 4.78 is 0. The zero-order valence-electron chi connectivity index (χ0n) is 8.49. The number of nitrogens with two attached hydrogens (primary N) is 1. The summed E-state index contributed by atoms with van der Waals surface area (Å²) in [6.07, 6.45) is 0. The molecule has 3 heteroatoms. The fraction of sp³-hybridized carbons (Fsp3) is 0.455. The fourth-order valence-corrected chi connectivity index (χ4v) is 2.58. The van der Waals surface area contributed by atoms with E-state index in [0.717, 1.165) is 18.8 Å². The summed E-state index contributed by atoms with van der Waals surface area (Å²) in [5, 5.41) is 0. The molecule has 1 aromatic carbocycles. The quantitative estimate of drug-likeness (QED) is 0.717. The van der Waals surface area contributed by atoms with E-state index in [1.165, 1.54) is 22.8 Å². The Balaban J connectivity index is 2.18. The van der Waals surface area contributed by atoms with E-state index in [2.05, 4.69) is 24.0 Å². The Morgan fingerprint density at radius 2 is 2.00 bits per heavy atom. The first-order chi connectivity index (χ1) is 6.77. The molecule has 0 aliphatic carbocycles. The van der Waals surface area contributed by atoms with Crippen molar-refractivity contribution in [2.75, 3.05) is 35.2 Å². The Morgan fingerprint density at radius 1 is 1.29 bits per heavy atom. The van der Waals surface area contributed by atoms with Gasteiger partial charge in [0.1, 0.15) is 0 Å². The largest absolute Gasteiger partial charge is 0.399 e. The molecule has 1 aliphatic rings. The molecule has 2 rings (SSSR count). The highest BCUT2D eigenvalue weighted by Crippen LogP contribution is 2.23. The monoisotopic (exact) mass is 208 g/mol. The third-order valence-corrected chi connectivity index (χ3v) is 3.57. The molecule has 76 valence electrons. The van der Waals surface area contributed by atoms with Crippen molar-refractivity contribution in [2.45, 2.75) is 6.92 Å². The van der Waals surface area contributed by atoms with E-state index in [1.807, 2.05) is 17.8 Å². The molecule has 0 atom stereocenters. The maximum atomic E-state index is 5.80. The smallest absolute Gasteiger partial charge is 0.0370 e.